The maximum atomic E-state index is 4.35. The second kappa shape index (κ2) is 7.52. The molecule has 4 nitrogen and oxygen atoms in total. The van der Waals surface area contributed by atoms with E-state index in [1.165, 1.54) is 0 Å². The first-order chi connectivity index (χ1) is 8.50. The van der Waals surface area contributed by atoms with Crippen molar-refractivity contribution < 1.29 is 0 Å². The van der Waals surface area contributed by atoms with Crippen LogP contribution in [-0.2, 0) is 6.42 Å². The summed E-state index contributed by atoms with van der Waals surface area (Å²) in [5.41, 5.74) is 0. The largest absolute Gasteiger partial charge is 0.316 e. The first-order valence-electron chi connectivity index (χ1n) is 7.09. The predicted molar refractivity (Wildman–Crippen MR) is 75.6 cm³/mol. The van der Waals surface area contributed by atoms with Gasteiger partial charge in [-0.15, -0.1) is 0 Å². The van der Waals surface area contributed by atoms with Crippen molar-refractivity contribution in [1.82, 2.24) is 20.1 Å². The van der Waals surface area contributed by atoms with Crippen LogP contribution in [0.2, 0.25) is 0 Å². The first-order valence-corrected chi connectivity index (χ1v) is 7.09. The molecular weight excluding hydrogens is 224 g/mol. The third-order valence-corrected chi connectivity index (χ3v) is 3.04. The molecule has 0 saturated carbocycles. The number of nitrogens with one attached hydrogen (secondary N) is 1. The Morgan fingerprint density at radius 3 is 2.50 bits per heavy atom. The van der Waals surface area contributed by atoms with Crippen LogP contribution in [0.3, 0.4) is 0 Å². The molecule has 0 spiro atoms. The number of aryl methyl sites for hydroxylation is 1. The van der Waals surface area contributed by atoms with Crippen LogP contribution in [0.4, 0.5) is 0 Å². The Hall–Kier alpha value is -0.900. The van der Waals surface area contributed by atoms with Crippen molar-refractivity contribution in [3.8, 4) is 0 Å². The van der Waals surface area contributed by atoms with Gasteiger partial charge in [-0.3, -0.25) is 0 Å². The SMILES string of the molecule is CC(C)CNCC(C)CCc1ncnn1C(C)C. The van der Waals surface area contributed by atoms with Crippen molar-refractivity contribution in [3.05, 3.63) is 12.2 Å². The van der Waals surface area contributed by atoms with Crippen LogP contribution in [0, 0.1) is 11.8 Å². The summed E-state index contributed by atoms with van der Waals surface area (Å²) in [6.45, 7) is 13.3. The molecule has 0 fully saturated rings. The minimum atomic E-state index is 0.400. The summed E-state index contributed by atoms with van der Waals surface area (Å²) in [7, 11) is 0. The smallest absolute Gasteiger partial charge is 0.138 e. The molecule has 1 rings (SSSR count). The zero-order valence-electron chi connectivity index (χ0n) is 12.5. The van der Waals surface area contributed by atoms with Gasteiger partial charge in [0.25, 0.3) is 0 Å². The molecule has 1 unspecified atom stereocenters. The molecule has 1 atom stereocenters. The minimum absolute atomic E-state index is 0.400. The van der Waals surface area contributed by atoms with E-state index < -0.39 is 0 Å². The third-order valence-electron chi connectivity index (χ3n) is 3.04. The molecule has 4 heteroatoms. The molecule has 1 aromatic rings. The fraction of sp³-hybridized carbons (Fsp3) is 0.857. The van der Waals surface area contributed by atoms with Crippen molar-refractivity contribution in [2.75, 3.05) is 13.1 Å². The van der Waals surface area contributed by atoms with Gasteiger partial charge in [0.05, 0.1) is 0 Å². The Morgan fingerprint density at radius 2 is 1.89 bits per heavy atom. The highest BCUT2D eigenvalue weighted by atomic mass is 15.3. The quantitative estimate of drug-likeness (QED) is 0.773. The average Bonchev–Trinajstić information content (AvgIpc) is 2.74. The van der Waals surface area contributed by atoms with Crippen LogP contribution in [0.15, 0.2) is 6.33 Å². The Morgan fingerprint density at radius 1 is 1.17 bits per heavy atom. The van der Waals surface area contributed by atoms with Crippen molar-refractivity contribution in [2.24, 2.45) is 11.8 Å². The molecule has 0 aromatic carbocycles. The number of nitrogens with zero attached hydrogens (tertiary/aromatic N) is 3. The van der Waals surface area contributed by atoms with Gasteiger partial charge in [0.1, 0.15) is 12.2 Å². The highest BCUT2D eigenvalue weighted by molar-refractivity contribution is 4.87. The third kappa shape index (κ3) is 5.17. The van der Waals surface area contributed by atoms with E-state index in [9.17, 15) is 0 Å². The van der Waals surface area contributed by atoms with E-state index >= 15 is 0 Å². The fourth-order valence-electron chi connectivity index (χ4n) is 1.98. The van der Waals surface area contributed by atoms with E-state index in [1.54, 1.807) is 6.33 Å². The van der Waals surface area contributed by atoms with Gasteiger partial charge in [0.15, 0.2) is 0 Å². The number of rotatable bonds is 8. The normalized spacial score (nSPS) is 13.5. The van der Waals surface area contributed by atoms with Gasteiger partial charge in [0, 0.05) is 12.5 Å². The summed E-state index contributed by atoms with van der Waals surface area (Å²) in [6, 6.07) is 0.400. The van der Waals surface area contributed by atoms with E-state index in [4.69, 9.17) is 0 Å². The molecule has 1 N–H and O–H groups in total. The number of aromatic nitrogens is 3. The lowest BCUT2D eigenvalue weighted by Gasteiger charge is -2.14. The molecule has 1 aromatic heterocycles. The average molecular weight is 252 g/mol. The molecule has 18 heavy (non-hydrogen) atoms. The Balaban J connectivity index is 2.29. The van der Waals surface area contributed by atoms with Gasteiger partial charge in [-0.2, -0.15) is 5.10 Å². The molecular formula is C14H28N4. The predicted octanol–water partition coefficient (Wildman–Crippen LogP) is 2.67. The van der Waals surface area contributed by atoms with Crippen molar-refractivity contribution in [2.45, 2.75) is 53.5 Å². The summed E-state index contributed by atoms with van der Waals surface area (Å²) in [4.78, 5) is 4.35. The topological polar surface area (TPSA) is 42.7 Å². The molecule has 0 aliphatic rings. The summed E-state index contributed by atoms with van der Waals surface area (Å²) in [5.74, 6) is 2.52. The minimum Gasteiger partial charge on any atom is -0.316 e. The van der Waals surface area contributed by atoms with Crippen molar-refractivity contribution in [1.29, 1.82) is 0 Å². The van der Waals surface area contributed by atoms with Crippen LogP contribution in [0.1, 0.15) is 52.9 Å². The van der Waals surface area contributed by atoms with Crippen LogP contribution in [-0.4, -0.2) is 27.9 Å². The second-order valence-corrected chi connectivity index (χ2v) is 5.91. The maximum Gasteiger partial charge on any atom is 0.138 e. The van der Waals surface area contributed by atoms with Gasteiger partial charge in [0.2, 0.25) is 0 Å². The molecule has 0 aliphatic carbocycles. The second-order valence-electron chi connectivity index (χ2n) is 5.91. The maximum absolute atomic E-state index is 4.35. The van der Waals surface area contributed by atoms with Crippen molar-refractivity contribution in [3.63, 3.8) is 0 Å². The molecule has 104 valence electrons. The number of hydrogen-bond acceptors (Lipinski definition) is 3. The van der Waals surface area contributed by atoms with Crippen molar-refractivity contribution >= 4 is 0 Å². The summed E-state index contributed by atoms with van der Waals surface area (Å²) < 4.78 is 2.02. The monoisotopic (exact) mass is 252 g/mol. The van der Waals surface area contributed by atoms with E-state index in [0.29, 0.717) is 12.0 Å². The van der Waals surface area contributed by atoms with Gasteiger partial charge >= 0.3 is 0 Å². The summed E-state index contributed by atoms with van der Waals surface area (Å²) in [5, 5.41) is 7.78. The first kappa shape index (κ1) is 15.2. The van der Waals surface area contributed by atoms with E-state index in [1.807, 2.05) is 4.68 Å². The van der Waals surface area contributed by atoms with E-state index in [-0.39, 0.29) is 0 Å². The van der Waals surface area contributed by atoms with Gasteiger partial charge in [-0.25, -0.2) is 9.67 Å². The van der Waals surface area contributed by atoms with Crippen LogP contribution < -0.4 is 5.32 Å². The summed E-state index contributed by atoms with van der Waals surface area (Å²) >= 11 is 0. The molecule has 0 amide bonds. The standard InChI is InChI=1S/C14H28N4/c1-11(2)8-15-9-13(5)6-7-14-16-10-17-18(14)12(3)4/h10-13,15H,6-9H2,1-5H3. The highest BCUT2D eigenvalue weighted by Crippen LogP contribution is 2.10. The zero-order valence-corrected chi connectivity index (χ0v) is 12.5. The Labute approximate surface area is 111 Å². The zero-order chi connectivity index (χ0) is 13.5. The fourth-order valence-corrected chi connectivity index (χ4v) is 1.98. The lowest BCUT2D eigenvalue weighted by Crippen LogP contribution is -2.25. The highest BCUT2D eigenvalue weighted by Gasteiger charge is 2.09. The number of hydrogen-bond donors (Lipinski definition) is 1. The summed E-state index contributed by atoms with van der Waals surface area (Å²) in [6.07, 6.45) is 3.84. The molecule has 0 bridgehead atoms. The molecule has 0 saturated heterocycles. The van der Waals surface area contributed by atoms with E-state index in [2.05, 4.69) is 50.0 Å². The Kier molecular flexibility index (Phi) is 6.33. The lowest BCUT2D eigenvalue weighted by molar-refractivity contribution is 0.437. The van der Waals surface area contributed by atoms with Gasteiger partial charge in [-0.1, -0.05) is 20.8 Å². The van der Waals surface area contributed by atoms with Crippen LogP contribution in [0.25, 0.3) is 0 Å². The van der Waals surface area contributed by atoms with E-state index in [0.717, 1.165) is 37.7 Å². The van der Waals surface area contributed by atoms with Gasteiger partial charge in [-0.05, 0) is 45.2 Å². The lowest BCUT2D eigenvalue weighted by atomic mass is 10.0. The molecule has 1 heterocycles. The van der Waals surface area contributed by atoms with Gasteiger partial charge < -0.3 is 5.32 Å². The molecule has 0 aliphatic heterocycles. The molecule has 0 radical (unpaired) electrons. The van der Waals surface area contributed by atoms with Crippen LogP contribution in [0.5, 0.6) is 0 Å². The Bertz CT molecular complexity index is 330. The van der Waals surface area contributed by atoms with Crippen LogP contribution >= 0.6 is 0 Å².